The van der Waals surface area contributed by atoms with Gasteiger partial charge in [-0.25, -0.2) is 9.97 Å². The third kappa shape index (κ3) is 4.85. The second-order valence-electron chi connectivity index (χ2n) is 4.93. The lowest BCUT2D eigenvalue weighted by Gasteiger charge is -2.13. The van der Waals surface area contributed by atoms with Crippen molar-refractivity contribution < 1.29 is 18.0 Å². The van der Waals surface area contributed by atoms with Crippen molar-refractivity contribution in [2.45, 2.75) is 30.4 Å². The summed E-state index contributed by atoms with van der Waals surface area (Å²) in [6, 6.07) is 5.84. The van der Waals surface area contributed by atoms with Crippen molar-refractivity contribution in [2.75, 3.05) is 5.32 Å². The molecule has 4 nitrogen and oxygen atoms in total. The molecule has 0 spiro atoms. The van der Waals surface area contributed by atoms with E-state index < -0.39 is 17.1 Å². The topological polar surface area (TPSA) is 54.9 Å². The molecule has 1 aromatic carbocycles. The van der Waals surface area contributed by atoms with Crippen LogP contribution in [0, 0.1) is 6.92 Å². The van der Waals surface area contributed by atoms with Crippen molar-refractivity contribution in [3.63, 3.8) is 0 Å². The van der Waals surface area contributed by atoms with Crippen LogP contribution in [0.3, 0.4) is 0 Å². The molecule has 24 heavy (non-hydrogen) atoms. The van der Waals surface area contributed by atoms with Crippen molar-refractivity contribution in [3.05, 3.63) is 46.7 Å². The van der Waals surface area contributed by atoms with Crippen LogP contribution in [-0.4, -0.2) is 21.1 Å². The number of aryl methyl sites for hydroxylation is 1. The molecule has 2 rings (SSSR count). The number of halogens is 4. The number of nitrogens with zero attached hydrogens (tertiary/aromatic N) is 2. The third-order valence-corrected chi connectivity index (χ3v) is 4.24. The number of aromatic nitrogens is 2. The molecule has 2 aromatic rings. The fourth-order valence-corrected chi connectivity index (χ4v) is 2.66. The second-order valence-corrected chi connectivity index (χ2v) is 6.68. The van der Waals surface area contributed by atoms with Crippen molar-refractivity contribution in [1.29, 1.82) is 0 Å². The molecule has 0 saturated carbocycles. The van der Waals surface area contributed by atoms with Crippen LogP contribution in [-0.2, 0) is 11.0 Å². The average molecular weight is 376 g/mol. The number of benzene rings is 1. The van der Waals surface area contributed by atoms with E-state index in [0.717, 1.165) is 29.6 Å². The number of hydrogen-bond acceptors (Lipinski definition) is 4. The highest BCUT2D eigenvalue weighted by Crippen LogP contribution is 2.29. The van der Waals surface area contributed by atoms with Crippen LogP contribution in [0.15, 0.2) is 35.6 Å². The SMILES string of the molecule is Cc1ccc(Cl)cc1NC(=O)C(C)Sc1nccc(C(F)(F)F)n1. The number of amides is 1. The highest BCUT2D eigenvalue weighted by molar-refractivity contribution is 8.00. The van der Waals surface area contributed by atoms with E-state index in [1.165, 1.54) is 0 Å². The smallest absolute Gasteiger partial charge is 0.325 e. The van der Waals surface area contributed by atoms with Crippen molar-refractivity contribution in [1.82, 2.24) is 9.97 Å². The maximum atomic E-state index is 12.6. The second kappa shape index (κ2) is 7.40. The maximum Gasteiger partial charge on any atom is 0.433 e. The zero-order chi connectivity index (χ0) is 17.9. The Labute approximate surface area is 145 Å². The van der Waals surface area contributed by atoms with Gasteiger partial charge >= 0.3 is 6.18 Å². The lowest BCUT2D eigenvalue weighted by molar-refractivity contribution is -0.141. The predicted molar refractivity (Wildman–Crippen MR) is 87.2 cm³/mol. The molecule has 0 aliphatic heterocycles. The number of thioether (sulfide) groups is 1. The van der Waals surface area contributed by atoms with Crippen LogP contribution in [0.2, 0.25) is 5.02 Å². The van der Waals surface area contributed by atoms with Gasteiger partial charge in [0.2, 0.25) is 5.91 Å². The van der Waals surface area contributed by atoms with E-state index in [1.54, 1.807) is 32.0 Å². The molecule has 1 heterocycles. The number of rotatable bonds is 4. The standard InChI is InChI=1S/C15H13ClF3N3OS/c1-8-3-4-10(16)7-11(8)21-13(23)9(2)24-14-20-6-5-12(22-14)15(17,18)19/h3-7,9H,1-2H3,(H,21,23). The molecule has 1 N–H and O–H groups in total. The zero-order valence-corrected chi connectivity index (χ0v) is 14.3. The Balaban J connectivity index is 2.08. The van der Waals surface area contributed by atoms with Gasteiger partial charge in [-0.05, 0) is 37.6 Å². The van der Waals surface area contributed by atoms with Gasteiger partial charge in [-0.1, -0.05) is 29.4 Å². The summed E-state index contributed by atoms with van der Waals surface area (Å²) in [5.74, 6) is -0.383. The van der Waals surface area contributed by atoms with Crippen LogP contribution in [0.25, 0.3) is 0 Å². The molecule has 1 atom stereocenters. The van der Waals surface area contributed by atoms with Gasteiger partial charge in [-0.3, -0.25) is 4.79 Å². The van der Waals surface area contributed by atoms with Gasteiger partial charge in [0.25, 0.3) is 0 Å². The molecule has 0 fully saturated rings. The van der Waals surface area contributed by atoms with Gasteiger partial charge in [0.05, 0.1) is 5.25 Å². The van der Waals surface area contributed by atoms with E-state index in [1.807, 2.05) is 0 Å². The van der Waals surface area contributed by atoms with E-state index in [2.05, 4.69) is 15.3 Å². The largest absolute Gasteiger partial charge is 0.433 e. The van der Waals surface area contributed by atoms with Crippen LogP contribution in [0.1, 0.15) is 18.2 Å². The lowest BCUT2D eigenvalue weighted by atomic mass is 10.2. The van der Waals surface area contributed by atoms with Crippen LogP contribution in [0.5, 0.6) is 0 Å². The Kier molecular flexibility index (Phi) is 5.71. The van der Waals surface area contributed by atoms with Gasteiger partial charge < -0.3 is 5.32 Å². The summed E-state index contributed by atoms with van der Waals surface area (Å²) < 4.78 is 37.9. The Morgan fingerprint density at radius 3 is 2.71 bits per heavy atom. The first-order valence-corrected chi connectivity index (χ1v) is 8.06. The normalized spacial score (nSPS) is 12.8. The number of anilines is 1. The van der Waals surface area contributed by atoms with E-state index in [0.29, 0.717) is 10.7 Å². The number of carbonyl (C=O) groups excluding carboxylic acids is 1. The highest BCUT2D eigenvalue weighted by Gasteiger charge is 2.33. The van der Waals surface area contributed by atoms with Crippen LogP contribution < -0.4 is 5.32 Å². The van der Waals surface area contributed by atoms with Crippen molar-refractivity contribution in [2.24, 2.45) is 0 Å². The first-order chi connectivity index (χ1) is 11.2. The van der Waals surface area contributed by atoms with E-state index in [-0.39, 0.29) is 11.1 Å². The molecule has 9 heteroatoms. The van der Waals surface area contributed by atoms with Gasteiger partial charge in [-0.15, -0.1) is 0 Å². The summed E-state index contributed by atoms with van der Waals surface area (Å²) in [4.78, 5) is 19.4. The quantitative estimate of drug-likeness (QED) is 0.628. The van der Waals surface area contributed by atoms with Crippen molar-refractivity contribution >= 4 is 35.0 Å². The first-order valence-electron chi connectivity index (χ1n) is 6.80. The van der Waals surface area contributed by atoms with E-state index in [4.69, 9.17) is 11.6 Å². The Hall–Kier alpha value is -1.80. The molecule has 0 saturated heterocycles. The van der Waals surface area contributed by atoms with E-state index >= 15 is 0 Å². The molecule has 1 amide bonds. The Morgan fingerprint density at radius 1 is 1.33 bits per heavy atom. The third-order valence-electron chi connectivity index (χ3n) is 3.03. The van der Waals surface area contributed by atoms with Gasteiger partial charge in [0.15, 0.2) is 5.16 Å². The summed E-state index contributed by atoms with van der Waals surface area (Å²) in [7, 11) is 0. The fourth-order valence-electron chi connectivity index (χ4n) is 1.73. The van der Waals surface area contributed by atoms with Crippen LogP contribution >= 0.6 is 23.4 Å². The number of nitrogens with one attached hydrogen (secondary N) is 1. The molecule has 0 aliphatic carbocycles. The molecular formula is C15H13ClF3N3OS. The molecule has 128 valence electrons. The summed E-state index contributed by atoms with van der Waals surface area (Å²) in [6.45, 7) is 3.36. The zero-order valence-electron chi connectivity index (χ0n) is 12.7. The predicted octanol–water partition coefficient (Wildman–Crippen LogP) is 4.58. The van der Waals surface area contributed by atoms with Gasteiger partial charge in [0, 0.05) is 16.9 Å². The minimum atomic E-state index is -4.55. The Morgan fingerprint density at radius 2 is 2.04 bits per heavy atom. The number of hydrogen-bond donors (Lipinski definition) is 1. The van der Waals surface area contributed by atoms with E-state index in [9.17, 15) is 18.0 Å². The minimum Gasteiger partial charge on any atom is -0.325 e. The summed E-state index contributed by atoms with van der Waals surface area (Å²) in [5.41, 5.74) is 0.323. The fraction of sp³-hybridized carbons (Fsp3) is 0.267. The molecule has 0 radical (unpaired) electrons. The minimum absolute atomic E-state index is 0.115. The number of carbonyl (C=O) groups is 1. The average Bonchev–Trinajstić information content (AvgIpc) is 2.50. The monoisotopic (exact) mass is 375 g/mol. The lowest BCUT2D eigenvalue weighted by Crippen LogP contribution is -2.23. The summed E-state index contributed by atoms with van der Waals surface area (Å²) in [5, 5.41) is 2.36. The maximum absolute atomic E-state index is 12.6. The molecular weight excluding hydrogens is 363 g/mol. The first kappa shape index (κ1) is 18.5. The van der Waals surface area contributed by atoms with Crippen LogP contribution in [0.4, 0.5) is 18.9 Å². The molecule has 0 bridgehead atoms. The summed E-state index contributed by atoms with van der Waals surface area (Å²) in [6.07, 6.45) is -3.54. The Bertz CT molecular complexity index is 755. The number of alkyl halides is 3. The highest BCUT2D eigenvalue weighted by atomic mass is 35.5. The molecule has 1 aromatic heterocycles. The van der Waals surface area contributed by atoms with Gasteiger partial charge in [-0.2, -0.15) is 13.2 Å². The molecule has 0 aliphatic rings. The van der Waals surface area contributed by atoms with Gasteiger partial charge in [0.1, 0.15) is 5.69 Å². The summed E-state index contributed by atoms with van der Waals surface area (Å²) >= 11 is 6.73. The molecule has 1 unspecified atom stereocenters. The van der Waals surface area contributed by atoms with Crippen molar-refractivity contribution in [3.8, 4) is 0 Å².